The van der Waals surface area contributed by atoms with Crippen molar-refractivity contribution in [2.24, 2.45) is 0 Å². The molecule has 4 heteroatoms. The Morgan fingerprint density at radius 2 is 2.18 bits per heavy atom. The van der Waals surface area contributed by atoms with Crippen LogP contribution in [0, 0.1) is 0 Å². The first-order chi connectivity index (χ1) is 8.42. The third kappa shape index (κ3) is 2.10. The van der Waals surface area contributed by atoms with E-state index in [1.54, 1.807) is 12.4 Å². The summed E-state index contributed by atoms with van der Waals surface area (Å²) in [6.07, 6.45) is 7.34. The third-order valence-corrected chi connectivity index (χ3v) is 2.43. The average Bonchev–Trinajstić information content (AvgIpc) is 2.80. The highest BCUT2D eigenvalue weighted by atomic mass is 16.5. The summed E-state index contributed by atoms with van der Waals surface area (Å²) in [5.41, 5.74) is 1.83. The molecule has 4 nitrogen and oxygen atoms in total. The predicted octanol–water partition coefficient (Wildman–Crippen LogP) is 2.31. The van der Waals surface area contributed by atoms with E-state index in [9.17, 15) is 0 Å². The van der Waals surface area contributed by atoms with Crippen LogP contribution in [-0.2, 0) is 6.61 Å². The number of aromatic nitrogens is 3. The van der Waals surface area contributed by atoms with Gasteiger partial charge in [-0.05, 0) is 24.3 Å². The summed E-state index contributed by atoms with van der Waals surface area (Å²) in [7, 11) is 0. The molecule has 3 heterocycles. The zero-order valence-corrected chi connectivity index (χ0v) is 9.15. The molecule has 0 radical (unpaired) electrons. The summed E-state index contributed by atoms with van der Waals surface area (Å²) in [4.78, 5) is 8.43. The molecule has 0 unspecified atom stereocenters. The molecule has 0 saturated heterocycles. The highest BCUT2D eigenvalue weighted by Crippen LogP contribution is 2.10. The average molecular weight is 225 g/mol. The van der Waals surface area contributed by atoms with E-state index in [2.05, 4.69) is 9.97 Å². The van der Waals surface area contributed by atoms with Crippen molar-refractivity contribution in [1.82, 2.24) is 14.4 Å². The minimum Gasteiger partial charge on any atom is -0.486 e. The van der Waals surface area contributed by atoms with Crippen molar-refractivity contribution in [3.8, 4) is 5.75 Å². The van der Waals surface area contributed by atoms with Gasteiger partial charge in [0.2, 0.25) is 0 Å². The van der Waals surface area contributed by atoms with E-state index in [0.29, 0.717) is 6.61 Å². The third-order valence-electron chi connectivity index (χ3n) is 2.43. The Hall–Kier alpha value is -2.36. The Balaban J connectivity index is 1.77. The molecule has 0 spiro atoms. The van der Waals surface area contributed by atoms with Crippen LogP contribution >= 0.6 is 0 Å². The highest BCUT2D eigenvalue weighted by Gasteiger charge is 2.01. The molecule has 0 aromatic carbocycles. The molecule has 0 saturated carbocycles. The van der Waals surface area contributed by atoms with Crippen molar-refractivity contribution in [3.05, 3.63) is 60.8 Å². The van der Waals surface area contributed by atoms with Crippen LogP contribution in [-0.4, -0.2) is 14.4 Å². The summed E-state index contributed by atoms with van der Waals surface area (Å²) in [6.45, 7) is 0.452. The number of hydrogen-bond acceptors (Lipinski definition) is 3. The molecular weight excluding hydrogens is 214 g/mol. The molecule has 0 atom stereocenters. The van der Waals surface area contributed by atoms with Gasteiger partial charge in [-0.3, -0.25) is 4.98 Å². The molecule has 84 valence electrons. The van der Waals surface area contributed by atoms with Gasteiger partial charge in [-0.2, -0.15) is 0 Å². The number of fused-ring (bicyclic) bond motifs is 1. The second-order valence-corrected chi connectivity index (χ2v) is 3.68. The normalized spacial score (nSPS) is 10.6. The molecule has 0 aliphatic carbocycles. The molecule has 0 aliphatic rings. The van der Waals surface area contributed by atoms with E-state index < -0.39 is 0 Å². The summed E-state index contributed by atoms with van der Waals surface area (Å²) >= 11 is 0. The molecule has 0 fully saturated rings. The second kappa shape index (κ2) is 4.25. The Morgan fingerprint density at radius 3 is 3.00 bits per heavy atom. The van der Waals surface area contributed by atoms with Gasteiger partial charge in [-0.25, -0.2) is 4.98 Å². The Bertz CT molecular complexity index is 586. The van der Waals surface area contributed by atoms with Crippen LogP contribution in [0.3, 0.4) is 0 Å². The Morgan fingerprint density at radius 1 is 1.18 bits per heavy atom. The molecule has 3 rings (SSSR count). The number of rotatable bonds is 3. The van der Waals surface area contributed by atoms with Gasteiger partial charge in [-0.1, -0.05) is 6.07 Å². The van der Waals surface area contributed by atoms with Crippen LogP contribution in [0.25, 0.3) is 5.65 Å². The van der Waals surface area contributed by atoms with Gasteiger partial charge in [-0.15, -0.1) is 0 Å². The first-order valence-corrected chi connectivity index (χ1v) is 5.37. The quantitative estimate of drug-likeness (QED) is 0.686. The summed E-state index contributed by atoms with van der Waals surface area (Å²) in [6, 6.07) is 9.63. The highest BCUT2D eigenvalue weighted by molar-refractivity contribution is 5.39. The maximum atomic E-state index is 5.58. The standard InChI is InChI=1S/C13H11N3O/c1-2-7-16-9-11(15-13(16)5-1)10-17-12-4-3-6-14-8-12/h1-9H,10H2. The van der Waals surface area contributed by atoms with Crippen LogP contribution in [0.15, 0.2) is 55.1 Å². The van der Waals surface area contributed by atoms with E-state index in [0.717, 1.165) is 17.1 Å². The van der Waals surface area contributed by atoms with Crippen molar-refractivity contribution >= 4 is 5.65 Å². The molecule has 0 bridgehead atoms. The van der Waals surface area contributed by atoms with E-state index in [1.165, 1.54) is 0 Å². The fourth-order valence-electron chi connectivity index (χ4n) is 1.65. The van der Waals surface area contributed by atoms with E-state index in [-0.39, 0.29) is 0 Å². The smallest absolute Gasteiger partial charge is 0.138 e. The second-order valence-electron chi connectivity index (χ2n) is 3.68. The van der Waals surface area contributed by atoms with Crippen LogP contribution < -0.4 is 4.74 Å². The number of imidazole rings is 1. The van der Waals surface area contributed by atoms with Gasteiger partial charge in [0.15, 0.2) is 0 Å². The molecule has 3 aromatic heterocycles. The molecule has 0 N–H and O–H groups in total. The van der Waals surface area contributed by atoms with E-state index in [4.69, 9.17) is 4.74 Å². The predicted molar refractivity (Wildman–Crippen MR) is 63.8 cm³/mol. The lowest BCUT2D eigenvalue weighted by atomic mass is 10.4. The van der Waals surface area contributed by atoms with Crippen molar-refractivity contribution in [2.75, 3.05) is 0 Å². The fraction of sp³-hybridized carbons (Fsp3) is 0.0769. The van der Waals surface area contributed by atoms with Gasteiger partial charge in [0, 0.05) is 18.6 Å². The number of nitrogens with zero attached hydrogens (tertiary/aromatic N) is 3. The Labute approximate surface area is 98.5 Å². The maximum Gasteiger partial charge on any atom is 0.138 e. The molecule has 3 aromatic rings. The van der Waals surface area contributed by atoms with Gasteiger partial charge in [0.1, 0.15) is 18.0 Å². The van der Waals surface area contributed by atoms with E-state index >= 15 is 0 Å². The van der Waals surface area contributed by atoms with Crippen molar-refractivity contribution in [2.45, 2.75) is 6.61 Å². The van der Waals surface area contributed by atoms with Crippen LogP contribution in [0.5, 0.6) is 5.75 Å². The van der Waals surface area contributed by atoms with E-state index in [1.807, 2.05) is 47.1 Å². The van der Waals surface area contributed by atoms with Crippen LogP contribution in [0.1, 0.15) is 5.69 Å². The Kier molecular flexibility index (Phi) is 2.46. The summed E-state index contributed by atoms with van der Waals surface area (Å²) < 4.78 is 7.56. The van der Waals surface area contributed by atoms with Crippen molar-refractivity contribution < 1.29 is 4.74 Å². The van der Waals surface area contributed by atoms with Crippen LogP contribution in [0.4, 0.5) is 0 Å². The lowest BCUT2D eigenvalue weighted by molar-refractivity contribution is 0.301. The van der Waals surface area contributed by atoms with Crippen molar-refractivity contribution in [3.63, 3.8) is 0 Å². The molecular formula is C13H11N3O. The van der Waals surface area contributed by atoms with Crippen molar-refractivity contribution in [1.29, 1.82) is 0 Å². The van der Waals surface area contributed by atoms with Gasteiger partial charge < -0.3 is 9.14 Å². The minimum atomic E-state index is 0.452. The SMILES string of the molecule is c1cncc(OCc2cn3ccccc3n2)c1. The monoisotopic (exact) mass is 225 g/mol. The zero-order valence-electron chi connectivity index (χ0n) is 9.15. The number of pyridine rings is 2. The lowest BCUT2D eigenvalue weighted by Gasteiger charge is -2.01. The molecule has 0 amide bonds. The summed E-state index contributed by atoms with van der Waals surface area (Å²) in [5, 5.41) is 0. The van der Waals surface area contributed by atoms with Gasteiger partial charge in [0.25, 0.3) is 0 Å². The molecule has 0 aliphatic heterocycles. The van der Waals surface area contributed by atoms with Gasteiger partial charge in [0.05, 0.1) is 11.9 Å². The molecule has 17 heavy (non-hydrogen) atoms. The summed E-state index contributed by atoms with van der Waals surface area (Å²) in [5.74, 6) is 0.754. The largest absolute Gasteiger partial charge is 0.486 e. The van der Waals surface area contributed by atoms with Gasteiger partial charge >= 0.3 is 0 Å². The zero-order chi connectivity index (χ0) is 11.5. The first-order valence-electron chi connectivity index (χ1n) is 5.37. The number of hydrogen-bond donors (Lipinski definition) is 0. The first kappa shape index (κ1) is 9.84. The fourth-order valence-corrected chi connectivity index (χ4v) is 1.65. The maximum absolute atomic E-state index is 5.58. The lowest BCUT2D eigenvalue weighted by Crippen LogP contribution is -1.95. The number of ether oxygens (including phenoxy) is 1. The topological polar surface area (TPSA) is 39.4 Å². The minimum absolute atomic E-state index is 0.452. The van der Waals surface area contributed by atoms with Crippen LogP contribution in [0.2, 0.25) is 0 Å².